The Labute approximate surface area is 213 Å². The van der Waals surface area contributed by atoms with Crippen LogP contribution in [0.15, 0.2) is 96.4 Å². The lowest BCUT2D eigenvalue weighted by Gasteiger charge is -2.17. The van der Waals surface area contributed by atoms with Gasteiger partial charge < -0.3 is 10.6 Å². The highest BCUT2D eigenvalue weighted by Gasteiger charge is 2.17. The number of anilines is 3. The van der Waals surface area contributed by atoms with Crippen LogP contribution >= 0.6 is 11.3 Å². The van der Waals surface area contributed by atoms with E-state index in [1.165, 1.54) is 29.2 Å². The van der Waals surface area contributed by atoms with Crippen LogP contribution in [0.4, 0.5) is 16.5 Å². The van der Waals surface area contributed by atoms with Gasteiger partial charge in [-0.2, -0.15) is 0 Å². The molecule has 0 aliphatic rings. The maximum Gasteiger partial charge on any atom is 0.253 e. The van der Waals surface area contributed by atoms with Crippen LogP contribution in [0.1, 0.15) is 28.5 Å². The Kier molecular flexibility index (Phi) is 8.00. The van der Waals surface area contributed by atoms with Crippen molar-refractivity contribution in [3.8, 4) is 0 Å². The van der Waals surface area contributed by atoms with E-state index >= 15 is 0 Å². The van der Waals surface area contributed by atoms with Crippen molar-refractivity contribution in [2.75, 3.05) is 10.2 Å². The number of amides is 3. The lowest BCUT2D eigenvalue weighted by molar-refractivity contribution is -0.116. The molecule has 0 bridgehead atoms. The number of carbonyl (C=O) groups is 3. The van der Waals surface area contributed by atoms with Crippen LogP contribution in [-0.2, 0) is 16.1 Å². The number of carbonyl (C=O) groups excluding carboxylic acids is 3. The van der Waals surface area contributed by atoms with Crippen molar-refractivity contribution in [2.24, 2.45) is 0 Å². The topological polar surface area (TPSA) is 91.4 Å². The first-order valence-electron chi connectivity index (χ1n) is 11.2. The van der Waals surface area contributed by atoms with Crippen LogP contribution in [0.2, 0.25) is 0 Å². The van der Waals surface area contributed by atoms with Crippen LogP contribution in [-0.4, -0.2) is 22.7 Å². The van der Waals surface area contributed by atoms with Gasteiger partial charge in [-0.1, -0.05) is 60.7 Å². The number of rotatable bonds is 8. The molecule has 1 aromatic heterocycles. The van der Waals surface area contributed by atoms with E-state index in [0.29, 0.717) is 28.6 Å². The summed E-state index contributed by atoms with van der Waals surface area (Å²) in [7, 11) is 0. The molecule has 2 N–H and O–H groups in total. The van der Waals surface area contributed by atoms with Crippen LogP contribution < -0.4 is 15.5 Å². The summed E-state index contributed by atoms with van der Waals surface area (Å²) >= 11 is 1.30. The number of nitrogens with zero attached hydrogens (tertiary/aromatic N) is 2. The monoisotopic (exact) mass is 496 g/mol. The van der Waals surface area contributed by atoms with E-state index < -0.39 is 5.91 Å². The van der Waals surface area contributed by atoms with Crippen molar-refractivity contribution in [3.63, 3.8) is 0 Å². The molecular weight excluding hydrogens is 472 g/mol. The van der Waals surface area contributed by atoms with E-state index in [9.17, 15) is 14.4 Å². The molecule has 7 nitrogen and oxygen atoms in total. The quantitative estimate of drug-likeness (QED) is 0.319. The summed E-state index contributed by atoms with van der Waals surface area (Å²) in [6, 6.07) is 25.7. The number of aromatic nitrogens is 1. The van der Waals surface area contributed by atoms with E-state index in [0.717, 1.165) is 11.3 Å². The first-order valence-corrected chi connectivity index (χ1v) is 12.1. The molecule has 0 spiro atoms. The Morgan fingerprint density at radius 2 is 1.58 bits per heavy atom. The minimum Gasteiger partial charge on any atom is -0.348 e. The van der Waals surface area contributed by atoms with E-state index in [1.54, 1.807) is 35.7 Å². The van der Waals surface area contributed by atoms with Crippen LogP contribution in [0.5, 0.6) is 0 Å². The SMILES string of the molecule is CC(=O)N(c1ccccc1)c1nc(/C=C/C(=O)Nc2ccccc2C(=O)NCc2ccccc2)cs1. The molecular formula is C28H24N4O3S. The molecule has 1 heterocycles. The maximum absolute atomic E-state index is 12.7. The zero-order valence-corrected chi connectivity index (χ0v) is 20.4. The third kappa shape index (κ3) is 6.31. The van der Waals surface area contributed by atoms with Crippen molar-refractivity contribution >= 4 is 51.6 Å². The molecule has 4 aromatic rings. The Bertz CT molecular complexity index is 1380. The number of hydrogen-bond donors (Lipinski definition) is 2. The third-order valence-electron chi connectivity index (χ3n) is 5.16. The molecule has 0 aliphatic heterocycles. The third-order valence-corrected chi connectivity index (χ3v) is 6.01. The van der Waals surface area contributed by atoms with E-state index in [2.05, 4.69) is 15.6 Å². The van der Waals surface area contributed by atoms with Crippen molar-refractivity contribution in [2.45, 2.75) is 13.5 Å². The predicted molar refractivity (Wildman–Crippen MR) is 143 cm³/mol. The summed E-state index contributed by atoms with van der Waals surface area (Å²) in [5, 5.41) is 7.91. The molecule has 0 saturated carbocycles. The average molecular weight is 497 g/mol. The van der Waals surface area contributed by atoms with Gasteiger partial charge in [-0.15, -0.1) is 11.3 Å². The number of benzene rings is 3. The molecule has 4 rings (SSSR count). The molecule has 8 heteroatoms. The fraction of sp³-hybridized carbons (Fsp3) is 0.0714. The first kappa shape index (κ1) is 24.6. The summed E-state index contributed by atoms with van der Waals surface area (Å²) in [4.78, 5) is 43.5. The molecule has 0 atom stereocenters. The van der Waals surface area contributed by atoms with Crippen LogP contribution in [0.25, 0.3) is 6.08 Å². The van der Waals surface area contributed by atoms with Crippen molar-refractivity contribution in [1.29, 1.82) is 0 Å². The normalized spacial score (nSPS) is 10.7. The van der Waals surface area contributed by atoms with E-state index in [-0.39, 0.29) is 11.8 Å². The highest BCUT2D eigenvalue weighted by atomic mass is 32.1. The molecule has 0 saturated heterocycles. The summed E-state index contributed by atoms with van der Waals surface area (Å²) < 4.78 is 0. The van der Waals surface area contributed by atoms with Crippen LogP contribution in [0.3, 0.4) is 0 Å². The molecule has 0 radical (unpaired) electrons. The molecule has 180 valence electrons. The molecule has 3 aromatic carbocycles. The van der Waals surface area contributed by atoms with Crippen LogP contribution in [0, 0.1) is 0 Å². The highest BCUT2D eigenvalue weighted by molar-refractivity contribution is 7.14. The largest absolute Gasteiger partial charge is 0.348 e. The van der Waals surface area contributed by atoms with Gasteiger partial charge in [-0.25, -0.2) is 4.98 Å². The van der Waals surface area contributed by atoms with Gasteiger partial charge >= 0.3 is 0 Å². The highest BCUT2D eigenvalue weighted by Crippen LogP contribution is 2.29. The smallest absolute Gasteiger partial charge is 0.253 e. The maximum atomic E-state index is 12.7. The Morgan fingerprint density at radius 3 is 2.31 bits per heavy atom. The van der Waals surface area contributed by atoms with E-state index in [1.807, 2.05) is 60.7 Å². The number of nitrogens with one attached hydrogen (secondary N) is 2. The molecule has 36 heavy (non-hydrogen) atoms. The standard InChI is InChI=1S/C28H24N4O3S/c1-20(33)32(23-12-6-3-7-13-23)28-30-22(19-36-28)16-17-26(34)31-25-15-9-8-14-24(25)27(35)29-18-21-10-4-2-5-11-21/h2-17,19H,18H2,1H3,(H,29,35)(H,31,34)/b17-16+. The van der Waals surface area contributed by atoms with Gasteiger partial charge in [-0.05, 0) is 35.9 Å². The molecule has 0 fully saturated rings. The fourth-order valence-corrected chi connectivity index (χ4v) is 4.31. The van der Waals surface area contributed by atoms with Gasteiger partial charge in [-0.3, -0.25) is 19.3 Å². The summed E-state index contributed by atoms with van der Waals surface area (Å²) in [6.07, 6.45) is 2.91. The van der Waals surface area contributed by atoms with E-state index in [4.69, 9.17) is 0 Å². The lowest BCUT2D eigenvalue weighted by atomic mass is 10.1. The minimum atomic E-state index is -0.403. The predicted octanol–water partition coefficient (Wildman–Crippen LogP) is 5.41. The number of para-hydroxylation sites is 2. The second kappa shape index (κ2) is 11.7. The Hall–Kier alpha value is -4.56. The minimum absolute atomic E-state index is 0.161. The zero-order valence-electron chi connectivity index (χ0n) is 19.5. The zero-order chi connectivity index (χ0) is 25.3. The molecule has 0 aliphatic carbocycles. The van der Waals surface area contributed by atoms with Gasteiger partial charge in [0.2, 0.25) is 11.8 Å². The van der Waals surface area contributed by atoms with Crippen molar-refractivity contribution in [3.05, 3.63) is 113 Å². The lowest BCUT2D eigenvalue weighted by Crippen LogP contribution is -2.24. The van der Waals surface area contributed by atoms with Crippen molar-refractivity contribution < 1.29 is 14.4 Å². The second-order valence-corrected chi connectivity index (χ2v) is 8.62. The number of hydrogen-bond acceptors (Lipinski definition) is 5. The van der Waals surface area contributed by atoms with Gasteiger partial charge in [0, 0.05) is 24.9 Å². The second-order valence-electron chi connectivity index (χ2n) is 7.78. The first-order chi connectivity index (χ1) is 17.5. The fourth-order valence-electron chi connectivity index (χ4n) is 3.46. The van der Waals surface area contributed by atoms with Crippen molar-refractivity contribution in [1.82, 2.24) is 10.3 Å². The van der Waals surface area contributed by atoms with Gasteiger partial charge in [0.05, 0.1) is 22.6 Å². The summed E-state index contributed by atoms with van der Waals surface area (Å²) in [5.41, 5.74) is 3.01. The summed E-state index contributed by atoms with van der Waals surface area (Å²) in [5.74, 6) is -0.849. The van der Waals surface area contributed by atoms with Gasteiger partial charge in [0.1, 0.15) is 0 Å². The van der Waals surface area contributed by atoms with Gasteiger partial charge in [0.25, 0.3) is 5.91 Å². The average Bonchev–Trinajstić information content (AvgIpc) is 3.36. The number of thiazole rings is 1. The Morgan fingerprint density at radius 1 is 0.917 bits per heavy atom. The Balaban J connectivity index is 1.41. The molecule has 0 unspecified atom stereocenters. The molecule has 3 amide bonds. The summed E-state index contributed by atoms with van der Waals surface area (Å²) in [6.45, 7) is 1.86. The van der Waals surface area contributed by atoms with Gasteiger partial charge in [0.15, 0.2) is 5.13 Å².